The van der Waals surface area contributed by atoms with Crippen molar-refractivity contribution in [3.05, 3.63) is 86.7 Å². The second kappa shape index (κ2) is 8.81. The molecule has 0 atom stereocenters. The van der Waals surface area contributed by atoms with Crippen molar-refractivity contribution in [1.82, 2.24) is 9.55 Å². The minimum absolute atomic E-state index is 0.0994. The summed E-state index contributed by atoms with van der Waals surface area (Å²) in [4.78, 5) is 30.3. The van der Waals surface area contributed by atoms with Crippen molar-refractivity contribution < 1.29 is 9.53 Å². The van der Waals surface area contributed by atoms with Gasteiger partial charge in [0, 0.05) is 16.0 Å². The molecule has 4 rings (SSSR count). The molecule has 0 aliphatic heterocycles. The van der Waals surface area contributed by atoms with E-state index < -0.39 is 0 Å². The Morgan fingerprint density at radius 2 is 1.87 bits per heavy atom. The summed E-state index contributed by atoms with van der Waals surface area (Å²) >= 11 is 7.43. The molecule has 0 saturated carbocycles. The van der Waals surface area contributed by atoms with E-state index in [0.29, 0.717) is 34.0 Å². The van der Waals surface area contributed by atoms with Crippen molar-refractivity contribution >= 4 is 39.1 Å². The van der Waals surface area contributed by atoms with Gasteiger partial charge >= 0.3 is 5.97 Å². The third-order valence-corrected chi connectivity index (χ3v) is 5.83. The van der Waals surface area contributed by atoms with Crippen LogP contribution < -0.4 is 5.56 Å². The number of hydrogen-bond acceptors (Lipinski definition) is 5. The number of thiophene rings is 1. The van der Waals surface area contributed by atoms with Gasteiger partial charge in [0.25, 0.3) is 5.56 Å². The van der Waals surface area contributed by atoms with E-state index >= 15 is 0 Å². The molecule has 0 amide bonds. The lowest BCUT2D eigenvalue weighted by molar-refractivity contribution is 0.0505. The third kappa shape index (κ3) is 4.15. The maximum atomic E-state index is 13.2. The van der Waals surface area contributed by atoms with Crippen LogP contribution in [0.15, 0.2) is 65.0 Å². The average Bonchev–Trinajstić information content (AvgIpc) is 3.20. The second-order valence-corrected chi connectivity index (χ2v) is 8.14. The lowest BCUT2D eigenvalue weighted by Gasteiger charge is -2.08. The number of carbonyl (C=O) groups is 1. The van der Waals surface area contributed by atoms with Crippen LogP contribution in [0.25, 0.3) is 21.3 Å². The smallest absolute Gasteiger partial charge is 0.338 e. The van der Waals surface area contributed by atoms with E-state index in [4.69, 9.17) is 16.3 Å². The Morgan fingerprint density at radius 3 is 2.57 bits per heavy atom. The van der Waals surface area contributed by atoms with Crippen LogP contribution in [0.5, 0.6) is 0 Å². The Labute approximate surface area is 182 Å². The number of hydrogen-bond donors (Lipinski definition) is 0. The fraction of sp³-hybridized carbons (Fsp3) is 0.174. The molecule has 4 aromatic rings. The maximum absolute atomic E-state index is 13.2. The Hall–Kier alpha value is -2.96. The summed E-state index contributed by atoms with van der Waals surface area (Å²) in [5.41, 5.74) is 3.08. The number of aromatic nitrogens is 2. The summed E-state index contributed by atoms with van der Waals surface area (Å²) in [6, 6.07) is 14.5. The molecule has 0 fully saturated rings. The molecular formula is C23H19ClN2O3S. The molecule has 0 radical (unpaired) electrons. The van der Waals surface area contributed by atoms with Crippen LogP contribution in [0.2, 0.25) is 5.02 Å². The van der Waals surface area contributed by atoms with E-state index in [-0.39, 0.29) is 11.5 Å². The van der Waals surface area contributed by atoms with E-state index in [1.54, 1.807) is 23.0 Å². The zero-order valence-electron chi connectivity index (χ0n) is 16.3. The predicted molar refractivity (Wildman–Crippen MR) is 120 cm³/mol. The molecular weight excluding hydrogens is 420 g/mol. The number of ether oxygens (including phenoxy) is 1. The van der Waals surface area contributed by atoms with Crippen LogP contribution in [0.3, 0.4) is 0 Å². The minimum Gasteiger partial charge on any atom is -0.462 e. The van der Waals surface area contributed by atoms with Crippen LogP contribution in [0.1, 0.15) is 29.3 Å². The lowest BCUT2D eigenvalue weighted by Crippen LogP contribution is -2.21. The van der Waals surface area contributed by atoms with E-state index in [1.807, 2.05) is 48.7 Å². The normalized spacial score (nSPS) is 11.0. The molecule has 0 N–H and O–H groups in total. The van der Waals surface area contributed by atoms with Crippen molar-refractivity contribution in [2.24, 2.45) is 0 Å². The molecule has 2 heterocycles. The quantitative estimate of drug-likeness (QED) is 0.378. The van der Waals surface area contributed by atoms with Gasteiger partial charge in [0.05, 0.1) is 30.4 Å². The monoisotopic (exact) mass is 438 g/mol. The fourth-order valence-electron chi connectivity index (χ4n) is 3.14. The Balaban J connectivity index is 1.63. The summed E-state index contributed by atoms with van der Waals surface area (Å²) in [6.45, 7) is 2.71. The first-order chi connectivity index (χ1) is 14.6. The molecule has 0 aliphatic rings. The van der Waals surface area contributed by atoms with Gasteiger partial charge in [-0.15, -0.1) is 11.3 Å². The molecule has 0 saturated heterocycles. The van der Waals surface area contributed by atoms with E-state index in [9.17, 15) is 9.59 Å². The molecule has 0 bridgehead atoms. The highest BCUT2D eigenvalue weighted by Crippen LogP contribution is 2.31. The third-order valence-electron chi connectivity index (χ3n) is 4.70. The average molecular weight is 439 g/mol. The molecule has 2 aromatic carbocycles. The van der Waals surface area contributed by atoms with Gasteiger partial charge in [0.15, 0.2) is 0 Å². The van der Waals surface area contributed by atoms with Crippen molar-refractivity contribution in [3.8, 4) is 11.1 Å². The van der Waals surface area contributed by atoms with Gasteiger partial charge in [0.1, 0.15) is 4.83 Å². The number of halogens is 1. The minimum atomic E-state index is -0.338. The lowest BCUT2D eigenvalue weighted by atomic mass is 10.1. The van der Waals surface area contributed by atoms with Gasteiger partial charge in [-0.2, -0.15) is 0 Å². The standard InChI is InChI=1S/C23H19ClN2O3S/c1-2-11-29-23(28)17-5-3-15(4-6-17)12-26-14-25-21-20(22(26)27)19(13-30-21)16-7-9-18(24)10-8-16/h3-10,13-14H,2,11-12H2,1H3. The Kier molecular flexibility index (Phi) is 5.97. The van der Waals surface area contributed by atoms with Crippen LogP contribution in [-0.2, 0) is 11.3 Å². The predicted octanol–water partition coefficient (Wildman–Crippen LogP) is 5.39. The van der Waals surface area contributed by atoms with Crippen LogP contribution in [-0.4, -0.2) is 22.1 Å². The van der Waals surface area contributed by atoms with Crippen LogP contribution in [0, 0.1) is 0 Å². The molecule has 7 heteroatoms. The topological polar surface area (TPSA) is 61.2 Å². The summed E-state index contributed by atoms with van der Waals surface area (Å²) in [5, 5.41) is 3.20. The first kappa shape index (κ1) is 20.3. The van der Waals surface area contributed by atoms with Crippen molar-refractivity contribution in [1.29, 1.82) is 0 Å². The number of rotatable bonds is 6. The van der Waals surface area contributed by atoms with Crippen molar-refractivity contribution in [3.63, 3.8) is 0 Å². The first-order valence-electron chi connectivity index (χ1n) is 9.55. The van der Waals surface area contributed by atoms with Gasteiger partial charge in [0.2, 0.25) is 0 Å². The van der Waals surface area contributed by atoms with Crippen molar-refractivity contribution in [2.75, 3.05) is 6.61 Å². The summed E-state index contributed by atoms with van der Waals surface area (Å²) in [7, 11) is 0. The highest BCUT2D eigenvalue weighted by atomic mass is 35.5. The fourth-order valence-corrected chi connectivity index (χ4v) is 4.18. The number of esters is 1. The number of nitrogens with zero attached hydrogens (tertiary/aromatic N) is 2. The highest BCUT2D eigenvalue weighted by Gasteiger charge is 2.14. The van der Waals surface area contributed by atoms with E-state index in [2.05, 4.69) is 4.98 Å². The van der Waals surface area contributed by atoms with Gasteiger partial charge in [-0.25, -0.2) is 9.78 Å². The molecule has 30 heavy (non-hydrogen) atoms. The van der Waals surface area contributed by atoms with E-state index in [1.165, 1.54) is 11.3 Å². The number of carbonyl (C=O) groups excluding carboxylic acids is 1. The van der Waals surface area contributed by atoms with Crippen LogP contribution in [0.4, 0.5) is 0 Å². The first-order valence-corrected chi connectivity index (χ1v) is 10.8. The zero-order valence-corrected chi connectivity index (χ0v) is 17.9. The molecule has 5 nitrogen and oxygen atoms in total. The SMILES string of the molecule is CCCOC(=O)c1ccc(Cn2cnc3scc(-c4ccc(Cl)cc4)c3c2=O)cc1. The largest absolute Gasteiger partial charge is 0.462 e. The van der Waals surface area contributed by atoms with E-state index in [0.717, 1.165) is 23.1 Å². The molecule has 0 unspecified atom stereocenters. The van der Waals surface area contributed by atoms with Gasteiger partial charge < -0.3 is 4.74 Å². The molecule has 2 aromatic heterocycles. The number of benzene rings is 2. The van der Waals surface area contributed by atoms with Crippen molar-refractivity contribution in [2.45, 2.75) is 19.9 Å². The van der Waals surface area contributed by atoms with Gasteiger partial charge in [-0.1, -0.05) is 42.8 Å². The molecule has 152 valence electrons. The summed E-state index contributed by atoms with van der Waals surface area (Å²) in [6.07, 6.45) is 2.35. The van der Waals surface area contributed by atoms with Gasteiger partial charge in [-0.05, 0) is 41.8 Å². The van der Waals surface area contributed by atoms with Gasteiger partial charge in [-0.3, -0.25) is 9.36 Å². The second-order valence-electron chi connectivity index (χ2n) is 6.85. The Morgan fingerprint density at radius 1 is 1.13 bits per heavy atom. The Bertz CT molecular complexity index is 1240. The van der Waals surface area contributed by atoms with Crippen LogP contribution >= 0.6 is 22.9 Å². The molecule has 0 spiro atoms. The maximum Gasteiger partial charge on any atom is 0.338 e. The number of fused-ring (bicyclic) bond motifs is 1. The summed E-state index contributed by atoms with van der Waals surface area (Å²) < 4.78 is 6.73. The zero-order chi connectivity index (χ0) is 21.1. The highest BCUT2D eigenvalue weighted by molar-refractivity contribution is 7.17. The molecule has 0 aliphatic carbocycles. The summed E-state index contributed by atoms with van der Waals surface area (Å²) in [5.74, 6) is -0.338.